The summed E-state index contributed by atoms with van der Waals surface area (Å²) in [5.74, 6) is -0.678. The number of hydrogen-bond acceptors (Lipinski definition) is 6. The van der Waals surface area contributed by atoms with Gasteiger partial charge in [-0.15, -0.1) is 0 Å². The smallest absolute Gasteiger partial charge is 0.306 e. The summed E-state index contributed by atoms with van der Waals surface area (Å²) in [6.45, 7) is 5.99. The highest BCUT2D eigenvalue weighted by molar-refractivity contribution is 7.89. The van der Waals surface area contributed by atoms with E-state index in [-0.39, 0.29) is 23.5 Å². The molecule has 2 rings (SSSR count). The van der Waals surface area contributed by atoms with Crippen molar-refractivity contribution in [2.45, 2.75) is 44.9 Å². The number of ether oxygens (including phenoxy) is 1. The van der Waals surface area contributed by atoms with Gasteiger partial charge >= 0.3 is 5.97 Å². The van der Waals surface area contributed by atoms with E-state index in [2.05, 4.69) is 5.32 Å². The predicted octanol–water partition coefficient (Wildman–Crippen LogP) is 2.20. The summed E-state index contributed by atoms with van der Waals surface area (Å²) in [7, 11) is -3.58. The molecule has 0 bridgehead atoms. The van der Waals surface area contributed by atoms with Crippen molar-refractivity contribution in [1.29, 1.82) is 0 Å². The number of ketones is 1. The Labute approximate surface area is 171 Å². The predicted molar refractivity (Wildman–Crippen MR) is 108 cm³/mol. The molecular formula is C20H28N2O6S. The van der Waals surface area contributed by atoms with E-state index in [0.29, 0.717) is 30.6 Å². The fraction of sp³-hybridized carbons (Fsp3) is 0.550. The molecule has 1 aliphatic heterocycles. The van der Waals surface area contributed by atoms with Gasteiger partial charge in [0, 0.05) is 25.2 Å². The van der Waals surface area contributed by atoms with Crippen LogP contribution >= 0.6 is 0 Å². The van der Waals surface area contributed by atoms with E-state index in [9.17, 15) is 22.8 Å². The van der Waals surface area contributed by atoms with Crippen molar-refractivity contribution in [1.82, 2.24) is 4.31 Å². The zero-order valence-electron chi connectivity index (χ0n) is 17.0. The minimum atomic E-state index is -3.58. The van der Waals surface area contributed by atoms with E-state index >= 15 is 0 Å². The lowest BCUT2D eigenvalue weighted by atomic mass is 9.94. The number of amides is 1. The van der Waals surface area contributed by atoms with Gasteiger partial charge in [0.25, 0.3) is 5.91 Å². The molecule has 1 N–H and O–H groups in total. The standard InChI is InChI=1S/C20H28N2O6S/c1-14-10-15(2)12-22(11-14)29(26,27)18-7-5-17(6-8-18)21-19(24)13-28-20(25)9-4-16(3)23/h5-8,14-15H,4,9-13H2,1-3H3,(H,21,24)/t14-,15+. The summed E-state index contributed by atoms with van der Waals surface area (Å²) in [6, 6.07) is 5.90. The maximum Gasteiger partial charge on any atom is 0.306 e. The van der Waals surface area contributed by atoms with Crippen LogP contribution in [-0.4, -0.2) is 50.1 Å². The number of sulfonamides is 1. The Balaban J connectivity index is 1.91. The molecule has 1 aromatic carbocycles. The summed E-state index contributed by atoms with van der Waals surface area (Å²) >= 11 is 0. The molecule has 29 heavy (non-hydrogen) atoms. The van der Waals surface area contributed by atoms with Gasteiger partial charge < -0.3 is 14.8 Å². The Hall–Kier alpha value is -2.26. The van der Waals surface area contributed by atoms with Crippen LogP contribution in [0.5, 0.6) is 0 Å². The van der Waals surface area contributed by atoms with Crippen molar-refractivity contribution in [3.63, 3.8) is 0 Å². The molecule has 0 unspecified atom stereocenters. The molecular weight excluding hydrogens is 396 g/mol. The van der Waals surface area contributed by atoms with E-state index in [1.165, 1.54) is 35.5 Å². The van der Waals surface area contributed by atoms with Gasteiger partial charge in [-0.05, 0) is 49.4 Å². The Bertz CT molecular complexity index is 840. The average Bonchev–Trinajstić information content (AvgIpc) is 2.64. The second-order valence-electron chi connectivity index (χ2n) is 7.70. The molecule has 2 atom stereocenters. The van der Waals surface area contributed by atoms with Gasteiger partial charge in [0.1, 0.15) is 5.78 Å². The second-order valence-corrected chi connectivity index (χ2v) is 9.64. The highest BCUT2D eigenvalue weighted by Gasteiger charge is 2.31. The maximum absolute atomic E-state index is 12.9. The quantitative estimate of drug-likeness (QED) is 0.641. The SMILES string of the molecule is CC(=O)CCC(=O)OCC(=O)Nc1ccc(S(=O)(=O)N2C[C@H](C)C[C@H](C)C2)cc1. The van der Waals surface area contributed by atoms with Gasteiger partial charge in [-0.1, -0.05) is 13.8 Å². The fourth-order valence-corrected chi connectivity index (χ4v) is 5.03. The number of nitrogens with zero attached hydrogens (tertiary/aromatic N) is 1. The Morgan fingerprint density at radius 1 is 1.07 bits per heavy atom. The summed E-state index contributed by atoms with van der Waals surface area (Å²) in [6.07, 6.45) is 1.02. The van der Waals surface area contributed by atoms with E-state index in [1.54, 1.807) is 0 Å². The summed E-state index contributed by atoms with van der Waals surface area (Å²) < 4.78 is 32.0. The van der Waals surface area contributed by atoms with Crippen LogP contribution in [0.15, 0.2) is 29.2 Å². The van der Waals surface area contributed by atoms with Crippen molar-refractivity contribution in [2.75, 3.05) is 25.0 Å². The third kappa shape index (κ3) is 6.93. The van der Waals surface area contributed by atoms with Gasteiger partial charge in [-0.25, -0.2) is 8.42 Å². The summed E-state index contributed by atoms with van der Waals surface area (Å²) in [5, 5.41) is 2.54. The molecule has 0 spiro atoms. The average molecular weight is 425 g/mol. The number of piperidine rings is 1. The zero-order valence-corrected chi connectivity index (χ0v) is 17.8. The van der Waals surface area contributed by atoms with Gasteiger partial charge in [-0.2, -0.15) is 4.31 Å². The maximum atomic E-state index is 12.9. The first-order valence-electron chi connectivity index (χ1n) is 9.63. The number of rotatable bonds is 8. The Morgan fingerprint density at radius 3 is 2.21 bits per heavy atom. The number of anilines is 1. The highest BCUT2D eigenvalue weighted by atomic mass is 32.2. The highest BCUT2D eigenvalue weighted by Crippen LogP contribution is 2.27. The van der Waals surface area contributed by atoms with E-state index in [4.69, 9.17) is 4.74 Å². The van der Waals surface area contributed by atoms with Crippen LogP contribution in [-0.2, 0) is 29.1 Å². The third-order valence-electron chi connectivity index (χ3n) is 4.66. The fourth-order valence-electron chi connectivity index (χ4n) is 3.35. The number of carbonyl (C=O) groups is 3. The number of esters is 1. The number of carbonyl (C=O) groups excluding carboxylic acids is 3. The van der Waals surface area contributed by atoms with Crippen LogP contribution in [0.1, 0.15) is 40.0 Å². The second kappa shape index (κ2) is 9.98. The monoisotopic (exact) mass is 424 g/mol. The minimum absolute atomic E-state index is 0.0666. The first kappa shape index (κ1) is 23.0. The molecule has 0 saturated carbocycles. The molecule has 0 radical (unpaired) electrons. The lowest BCUT2D eigenvalue weighted by Gasteiger charge is -2.34. The molecule has 160 valence electrons. The molecule has 0 aliphatic carbocycles. The van der Waals surface area contributed by atoms with Crippen LogP contribution < -0.4 is 5.32 Å². The number of nitrogens with one attached hydrogen (secondary N) is 1. The lowest BCUT2D eigenvalue weighted by Crippen LogP contribution is -2.42. The van der Waals surface area contributed by atoms with Crippen molar-refractivity contribution in [3.8, 4) is 0 Å². The molecule has 1 fully saturated rings. The van der Waals surface area contributed by atoms with E-state index in [0.717, 1.165) is 6.42 Å². The van der Waals surface area contributed by atoms with Crippen LogP contribution in [0.25, 0.3) is 0 Å². The molecule has 8 nitrogen and oxygen atoms in total. The summed E-state index contributed by atoms with van der Waals surface area (Å²) in [4.78, 5) is 34.3. The molecule has 1 heterocycles. The lowest BCUT2D eigenvalue weighted by molar-refractivity contribution is -0.148. The van der Waals surface area contributed by atoms with Crippen LogP contribution in [0.2, 0.25) is 0 Å². The van der Waals surface area contributed by atoms with E-state index in [1.807, 2.05) is 13.8 Å². The molecule has 0 aromatic heterocycles. The van der Waals surface area contributed by atoms with Gasteiger partial charge in [0.2, 0.25) is 10.0 Å². The van der Waals surface area contributed by atoms with Crippen molar-refractivity contribution in [2.24, 2.45) is 11.8 Å². The van der Waals surface area contributed by atoms with Crippen molar-refractivity contribution >= 4 is 33.4 Å². The van der Waals surface area contributed by atoms with Gasteiger partial charge in [-0.3, -0.25) is 9.59 Å². The van der Waals surface area contributed by atoms with Gasteiger partial charge in [0.15, 0.2) is 6.61 Å². The third-order valence-corrected chi connectivity index (χ3v) is 6.50. The van der Waals surface area contributed by atoms with Crippen LogP contribution in [0, 0.1) is 11.8 Å². The molecule has 1 amide bonds. The van der Waals surface area contributed by atoms with Crippen LogP contribution in [0.4, 0.5) is 5.69 Å². The Morgan fingerprint density at radius 2 is 1.66 bits per heavy atom. The number of hydrogen-bond donors (Lipinski definition) is 1. The first-order valence-corrected chi connectivity index (χ1v) is 11.1. The normalized spacial score (nSPS) is 20.1. The van der Waals surface area contributed by atoms with Gasteiger partial charge in [0.05, 0.1) is 11.3 Å². The molecule has 1 saturated heterocycles. The topological polar surface area (TPSA) is 110 Å². The first-order chi connectivity index (χ1) is 13.6. The minimum Gasteiger partial charge on any atom is -0.456 e. The largest absolute Gasteiger partial charge is 0.456 e. The number of Topliss-reactive ketones (excluding diaryl/α,β-unsaturated/α-hetero) is 1. The molecule has 9 heteroatoms. The van der Waals surface area contributed by atoms with E-state index < -0.39 is 28.5 Å². The van der Waals surface area contributed by atoms with Crippen LogP contribution in [0.3, 0.4) is 0 Å². The molecule has 1 aliphatic rings. The summed E-state index contributed by atoms with van der Waals surface area (Å²) in [5.41, 5.74) is 0.397. The Kier molecular flexibility index (Phi) is 7.92. The number of benzene rings is 1. The van der Waals surface area contributed by atoms with Crippen molar-refractivity contribution in [3.05, 3.63) is 24.3 Å². The zero-order chi connectivity index (χ0) is 21.6. The van der Waals surface area contributed by atoms with Crippen molar-refractivity contribution < 1.29 is 27.5 Å². The molecule has 1 aromatic rings.